The highest BCUT2D eigenvalue weighted by molar-refractivity contribution is 14.0. The number of guanidine groups is 1. The van der Waals surface area contributed by atoms with Crippen molar-refractivity contribution >= 4 is 36.0 Å². The van der Waals surface area contributed by atoms with E-state index in [1.807, 2.05) is 30.3 Å². The third-order valence-corrected chi connectivity index (χ3v) is 4.50. The number of rotatable bonds is 4. The van der Waals surface area contributed by atoms with Gasteiger partial charge < -0.3 is 24.7 Å². The van der Waals surface area contributed by atoms with Crippen LogP contribution in [0.3, 0.4) is 0 Å². The number of nitrogens with zero attached hydrogens (tertiary/aromatic N) is 3. The highest BCUT2D eigenvalue weighted by atomic mass is 127. The fourth-order valence-electron chi connectivity index (χ4n) is 3.00. The maximum absolute atomic E-state index is 11.5. The smallest absolute Gasteiger partial charge is 0.409 e. The predicted molar refractivity (Wildman–Crippen MR) is 118 cm³/mol. The standard InChI is InChI=1S/C19H25N5O3.HI/c1-20-18(23-15-8-10-24(11-9-15)19(25)26-2)21-12-16-13-27-17(22-16)14-6-4-3-5-7-14;/h3-7,13,15H,8-12H2,1-2H3,(H2,20,21,23);1H. The largest absolute Gasteiger partial charge is 0.453 e. The van der Waals surface area contributed by atoms with Crippen molar-refractivity contribution in [2.45, 2.75) is 25.4 Å². The van der Waals surface area contributed by atoms with E-state index in [1.165, 1.54) is 7.11 Å². The van der Waals surface area contributed by atoms with Crippen molar-refractivity contribution in [3.63, 3.8) is 0 Å². The Hall–Kier alpha value is -2.30. The second kappa shape index (κ2) is 10.9. The summed E-state index contributed by atoms with van der Waals surface area (Å²) in [5.41, 5.74) is 1.75. The van der Waals surface area contributed by atoms with Crippen LogP contribution in [-0.2, 0) is 11.3 Å². The van der Waals surface area contributed by atoms with Gasteiger partial charge in [0.1, 0.15) is 6.26 Å². The molecule has 2 aromatic rings. The third-order valence-electron chi connectivity index (χ3n) is 4.50. The molecule has 3 rings (SSSR count). The van der Waals surface area contributed by atoms with E-state index in [9.17, 15) is 4.79 Å². The summed E-state index contributed by atoms with van der Waals surface area (Å²) in [4.78, 5) is 22.0. The van der Waals surface area contributed by atoms with Crippen LogP contribution in [0.1, 0.15) is 18.5 Å². The molecule has 1 aromatic carbocycles. The molecule has 9 heteroatoms. The minimum Gasteiger partial charge on any atom is -0.453 e. The molecule has 0 unspecified atom stereocenters. The summed E-state index contributed by atoms with van der Waals surface area (Å²) in [5, 5.41) is 6.65. The van der Waals surface area contributed by atoms with Gasteiger partial charge >= 0.3 is 6.09 Å². The summed E-state index contributed by atoms with van der Waals surface area (Å²) in [7, 11) is 3.14. The highest BCUT2D eigenvalue weighted by Gasteiger charge is 2.23. The van der Waals surface area contributed by atoms with Crippen molar-refractivity contribution in [3.05, 3.63) is 42.3 Å². The van der Waals surface area contributed by atoms with E-state index in [4.69, 9.17) is 9.15 Å². The molecule has 1 aliphatic rings. The first-order valence-electron chi connectivity index (χ1n) is 8.99. The van der Waals surface area contributed by atoms with Crippen LogP contribution in [0, 0.1) is 0 Å². The van der Waals surface area contributed by atoms with Crippen LogP contribution in [0.2, 0.25) is 0 Å². The van der Waals surface area contributed by atoms with Gasteiger partial charge in [0, 0.05) is 31.7 Å². The number of oxazole rings is 1. The monoisotopic (exact) mass is 499 g/mol. The van der Waals surface area contributed by atoms with E-state index in [2.05, 4.69) is 20.6 Å². The molecule has 2 heterocycles. The van der Waals surface area contributed by atoms with Crippen molar-refractivity contribution in [1.82, 2.24) is 20.5 Å². The van der Waals surface area contributed by atoms with E-state index >= 15 is 0 Å². The number of halogens is 1. The summed E-state index contributed by atoms with van der Waals surface area (Å²) in [6.45, 7) is 1.85. The number of hydrogen-bond acceptors (Lipinski definition) is 5. The molecule has 8 nitrogen and oxygen atoms in total. The molecular weight excluding hydrogens is 473 g/mol. The van der Waals surface area contributed by atoms with E-state index in [0.717, 1.165) is 24.1 Å². The Morgan fingerprint density at radius 2 is 2.04 bits per heavy atom. The van der Waals surface area contributed by atoms with Gasteiger partial charge in [0.25, 0.3) is 0 Å². The molecule has 0 saturated carbocycles. The van der Waals surface area contributed by atoms with Gasteiger partial charge in [0.2, 0.25) is 5.89 Å². The molecule has 28 heavy (non-hydrogen) atoms. The summed E-state index contributed by atoms with van der Waals surface area (Å²) < 4.78 is 10.3. The summed E-state index contributed by atoms with van der Waals surface area (Å²) in [6.07, 6.45) is 3.07. The van der Waals surface area contributed by atoms with Crippen LogP contribution < -0.4 is 10.6 Å². The van der Waals surface area contributed by atoms with Gasteiger partial charge in [-0.15, -0.1) is 24.0 Å². The molecule has 1 amide bonds. The number of carbonyl (C=O) groups is 1. The van der Waals surface area contributed by atoms with E-state index in [-0.39, 0.29) is 36.1 Å². The zero-order valence-corrected chi connectivity index (χ0v) is 18.4. The van der Waals surface area contributed by atoms with Crippen LogP contribution in [0.25, 0.3) is 11.5 Å². The molecule has 1 aliphatic heterocycles. The van der Waals surface area contributed by atoms with E-state index < -0.39 is 0 Å². The quantitative estimate of drug-likeness (QED) is 0.382. The normalized spacial score (nSPS) is 14.9. The maximum atomic E-state index is 11.5. The zero-order chi connectivity index (χ0) is 19.1. The lowest BCUT2D eigenvalue weighted by Gasteiger charge is -2.32. The molecule has 1 saturated heterocycles. The Labute approximate surface area is 181 Å². The lowest BCUT2D eigenvalue weighted by Crippen LogP contribution is -2.49. The number of aliphatic imine (C=N–C) groups is 1. The molecule has 1 aromatic heterocycles. The van der Waals surface area contributed by atoms with Gasteiger partial charge in [0.15, 0.2) is 5.96 Å². The van der Waals surface area contributed by atoms with Crippen LogP contribution in [0.15, 0.2) is 46.0 Å². The van der Waals surface area contributed by atoms with Gasteiger partial charge in [-0.1, -0.05) is 18.2 Å². The molecule has 0 bridgehead atoms. The average molecular weight is 499 g/mol. The second-order valence-electron chi connectivity index (χ2n) is 6.31. The second-order valence-corrected chi connectivity index (χ2v) is 6.31. The van der Waals surface area contributed by atoms with Crippen LogP contribution in [-0.4, -0.2) is 55.2 Å². The van der Waals surface area contributed by atoms with Gasteiger partial charge in [-0.05, 0) is 25.0 Å². The van der Waals surface area contributed by atoms with Crippen molar-refractivity contribution in [1.29, 1.82) is 0 Å². The predicted octanol–water partition coefficient (Wildman–Crippen LogP) is 2.86. The molecule has 0 radical (unpaired) electrons. The summed E-state index contributed by atoms with van der Waals surface area (Å²) >= 11 is 0. The molecule has 1 fully saturated rings. The van der Waals surface area contributed by atoms with Gasteiger partial charge in [0.05, 0.1) is 19.3 Å². The summed E-state index contributed by atoms with van der Waals surface area (Å²) in [5.74, 6) is 1.31. The number of hydrogen-bond donors (Lipinski definition) is 2. The van der Waals surface area contributed by atoms with Gasteiger partial charge in [-0.2, -0.15) is 0 Å². The fourth-order valence-corrected chi connectivity index (χ4v) is 3.00. The average Bonchev–Trinajstić information content (AvgIpc) is 3.20. The number of nitrogens with one attached hydrogen (secondary N) is 2. The number of likely N-dealkylation sites (tertiary alicyclic amines) is 1. The van der Waals surface area contributed by atoms with Crippen LogP contribution in [0.4, 0.5) is 4.79 Å². The number of methoxy groups -OCH3 is 1. The minimum absolute atomic E-state index is 0. The van der Waals surface area contributed by atoms with E-state index in [0.29, 0.717) is 31.5 Å². The van der Waals surface area contributed by atoms with Crippen molar-refractivity contribution < 1.29 is 13.9 Å². The Kier molecular flexibility index (Phi) is 8.55. The number of carbonyl (C=O) groups excluding carboxylic acids is 1. The Bertz CT molecular complexity index is 773. The molecule has 0 atom stereocenters. The van der Waals surface area contributed by atoms with Gasteiger partial charge in [-0.3, -0.25) is 4.99 Å². The Morgan fingerprint density at radius 3 is 2.68 bits per heavy atom. The Balaban J connectivity index is 0.00000280. The summed E-state index contributed by atoms with van der Waals surface area (Å²) in [6, 6.07) is 10.0. The first-order valence-corrected chi connectivity index (χ1v) is 8.99. The number of benzene rings is 1. The number of aromatic nitrogens is 1. The lowest BCUT2D eigenvalue weighted by molar-refractivity contribution is 0.111. The number of piperidine rings is 1. The zero-order valence-electron chi connectivity index (χ0n) is 16.1. The van der Waals surface area contributed by atoms with Crippen molar-refractivity contribution in [2.24, 2.45) is 4.99 Å². The fraction of sp³-hybridized carbons (Fsp3) is 0.421. The molecule has 152 valence electrons. The van der Waals surface area contributed by atoms with E-state index in [1.54, 1.807) is 18.2 Å². The number of ether oxygens (including phenoxy) is 1. The first kappa shape index (κ1) is 22.0. The Morgan fingerprint density at radius 1 is 1.32 bits per heavy atom. The highest BCUT2D eigenvalue weighted by Crippen LogP contribution is 2.17. The first-order chi connectivity index (χ1) is 13.2. The van der Waals surface area contributed by atoms with Crippen LogP contribution >= 0.6 is 24.0 Å². The van der Waals surface area contributed by atoms with Gasteiger partial charge in [-0.25, -0.2) is 9.78 Å². The maximum Gasteiger partial charge on any atom is 0.409 e. The number of amides is 1. The van der Waals surface area contributed by atoms with Crippen LogP contribution in [0.5, 0.6) is 0 Å². The topological polar surface area (TPSA) is 92.0 Å². The third kappa shape index (κ3) is 5.85. The molecule has 0 aliphatic carbocycles. The molecule has 2 N–H and O–H groups in total. The lowest BCUT2D eigenvalue weighted by atomic mass is 10.1. The molecule has 0 spiro atoms. The molecular formula is C19H26IN5O3. The SMILES string of the molecule is CN=C(NCc1coc(-c2ccccc2)n1)NC1CCN(C(=O)OC)CC1.I. The van der Waals surface area contributed by atoms with Crippen molar-refractivity contribution in [2.75, 3.05) is 27.2 Å². The minimum atomic E-state index is -0.267. The van der Waals surface area contributed by atoms with Crippen molar-refractivity contribution in [3.8, 4) is 11.5 Å².